The lowest BCUT2D eigenvalue weighted by Gasteiger charge is -2.07. The minimum Gasteiger partial charge on any atom is -0.497 e. The largest absolute Gasteiger partial charge is 0.497 e. The van der Waals surface area contributed by atoms with E-state index in [1.165, 1.54) is 0 Å². The van der Waals surface area contributed by atoms with E-state index in [2.05, 4.69) is 4.98 Å². The standard InChI is InChI=1S/C13H14N2O2/c1-16-11-3-2-4-12(8-11)17-9-10-5-6-15-13(14)7-10/h2-8H,9H2,1H3,(H2,14,15). The van der Waals surface area contributed by atoms with Gasteiger partial charge in [-0.25, -0.2) is 4.98 Å². The van der Waals surface area contributed by atoms with Gasteiger partial charge in [0.15, 0.2) is 0 Å². The van der Waals surface area contributed by atoms with Gasteiger partial charge in [0.25, 0.3) is 0 Å². The van der Waals surface area contributed by atoms with Crippen LogP contribution in [0.25, 0.3) is 0 Å². The molecule has 4 heteroatoms. The second kappa shape index (κ2) is 5.21. The Morgan fingerprint density at radius 1 is 1.18 bits per heavy atom. The number of rotatable bonds is 4. The fraction of sp³-hybridized carbons (Fsp3) is 0.154. The molecule has 0 aliphatic rings. The van der Waals surface area contributed by atoms with E-state index in [0.717, 1.165) is 17.1 Å². The molecule has 0 radical (unpaired) electrons. The quantitative estimate of drug-likeness (QED) is 0.875. The van der Waals surface area contributed by atoms with Crippen molar-refractivity contribution in [2.75, 3.05) is 12.8 Å². The Morgan fingerprint density at radius 3 is 2.76 bits per heavy atom. The van der Waals surface area contributed by atoms with E-state index in [-0.39, 0.29) is 0 Å². The molecule has 0 aliphatic carbocycles. The summed E-state index contributed by atoms with van der Waals surface area (Å²) in [4.78, 5) is 3.92. The summed E-state index contributed by atoms with van der Waals surface area (Å²) < 4.78 is 10.7. The number of hydrogen-bond acceptors (Lipinski definition) is 4. The highest BCUT2D eigenvalue weighted by Crippen LogP contribution is 2.20. The number of benzene rings is 1. The van der Waals surface area contributed by atoms with Crippen LogP contribution in [0.4, 0.5) is 5.82 Å². The summed E-state index contributed by atoms with van der Waals surface area (Å²) in [6.07, 6.45) is 1.67. The smallest absolute Gasteiger partial charge is 0.123 e. The maximum atomic E-state index is 5.63. The minimum absolute atomic E-state index is 0.458. The molecule has 0 spiro atoms. The summed E-state index contributed by atoms with van der Waals surface area (Å²) in [6.45, 7) is 0.458. The lowest BCUT2D eigenvalue weighted by Crippen LogP contribution is -1.98. The third kappa shape index (κ3) is 3.11. The number of nitrogens with zero attached hydrogens (tertiary/aromatic N) is 1. The van der Waals surface area contributed by atoms with Crippen molar-refractivity contribution in [1.29, 1.82) is 0 Å². The molecule has 0 bridgehead atoms. The van der Waals surface area contributed by atoms with E-state index in [1.807, 2.05) is 30.3 Å². The summed E-state index contributed by atoms with van der Waals surface area (Å²) in [5.74, 6) is 2.04. The molecule has 88 valence electrons. The highest BCUT2D eigenvalue weighted by molar-refractivity contribution is 5.34. The topological polar surface area (TPSA) is 57.4 Å². The molecule has 4 nitrogen and oxygen atoms in total. The van der Waals surface area contributed by atoms with Gasteiger partial charge in [-0.2, -0.15) is 0 Å². The van der Waals surface area contributed by atoms with E-state index in [1.54, 1.807) is 19.4 Å². The van der Waals surface area contributed by atoms with Gasteiger partial charge in [0.1, 0.15) is 23.9 Å². The van der Waals surface area contributed by atoms with E-state index < -0.39 is 0 Å². The maximum Gasteiger partial charge on any atom is 0.123 e. The van der Waals surface area contributed by atoms with Gasteiger partial charge < -0.3 is 15.2 Å². The molecule has 0 atom stereocenters. The van der Waals surface area contributed by atoms with Gasteiger partial charge in [-0.1, -0.05) is 6.07 Å². The van der Waals surface area contributed by atoms with Crippen LogP contribution in [0.15, 0.2) is 42.6 Å². The van der Waals surface area contributed by atoms with Gasteiger partial charge in [-0.05, 0) is 29.8 Å². The van der Waals surface area contributed by atoms with Crippen molar-refractivity contribution in [3.05, 3.63) is 48.2 Å². The molecule has 0 aliphatic heterocycles. The summed E-state index contributed by atoms with van der Waals surface area (Å²) in [5.41, 5.74) is 6.57. The van der Waals surface area contributed by atoms with Crippen molar-refractivity contribution in [3.8, 4) is 11.5 Å². The summed E-state index contributed by atoms with van der Waals surface area (Å²) in [7, 11) is 1.63. The van der Waals surface area contributed by atoms with E-state index in [4.69, 9.17) is 15.2 Å². The van der Waals surface area contributed by atoms with Crippen molar-refractivity contribution in [3.63, 3.8) is 0 Å². The van der Waals surface area contributed by atoms with E-state index >= 15 is 0 Å². The normalized spacial score (nSPS) is 9.94. The number of anilines is 1. The lowest BCUT2D eigenvalue weighted by atomic mass is 10.3. The fourth-order valence-corrected chi connectivity index (χ4v) is 1.44. The van der Waals surface area contributed by atoms with Crippen LogP contribution < -0.4 is 15.2 Å². The first-order valence-corrected chi connectivity index (χ1v) is 5.25. The average molecular weight is 230 g/mol. The molecule has 2 N–H and O–H groups in total. The van der Waals surface area contributed by atoms with Crippen molar-refractivity contribution in [2.24, 2.45) is 0 Å². The molecule has 0 unspecified atom stereocenters. The van der Waals surface area contributed by atoms with E-state index in [0.29, 0.717) is 12.4 Å². The van der Waals surface area contributed by atoms with Gasteiger partial charge in [0, 0.05) is 12.3 Å². The molecule has 17 heavy (non-hydrogen) atoms. The first-order valence-electron chi connectivity index (χ1n) is 5.25. The number of nitrogen functional groups attached to an aromatic ring is 1. The van der Waals surface area contributed by atoms with Gasteiger partial charge >= 0.3 is 0 Å². The van der Waals surface area contributed by atoms with Crippen LogP contribution in [-0.2, 0) is 6.61 Å². The number of ether oxygens (including phenoxy) is 2. The predicted octanol–water partition coefficient (Wildman–Crippen LogP) is 2.25. The van der Waals surface area contributed by atoms with Crippen LogP contribution in [0.2, 0.25) is 0 Å². The molecule has 0 amide bonds. The molecule has 2 aromatic rings. The van der Waals surface area contributed by atoms with Crippen LogP contribution in [0.5, 0.6) is 11.5 Å². The van der Waals surface area contributed by atoms with Gasteiger partial charge in [0.05, 0.1) is 7.11 Å². The first-order chi connectivity index (χ1) is 8.28. The summed E-state index contributed by atoms with van der Waals surface area (Å²) in [6, 6.07) is 11.1. The van der Waals surface area contributed by atoms with Gasteiger partial charge in [0.2, 0.25) is 0 Å². The minimum atomic E-state index is 0.458. The van der Waals surface area contributed by atoms with Crippen LogP contribution in [0.1, 0.15) is 5.56 Å². The van der Waals surface area contributed by atoms with Crippen LogP contribution in [0, 0.1) is 0 Å². The molecule has 0 saturated heterocycles. The van der Waals surface area contributed by atoms with Crippen LogP contribution in [0.3, 0.4) is 0 Å². The number of hydrogen-bond donors (Lipinski definition) is 1. The SMILES string of the molecule is COc1cccc(OCc2ccnc(N)c2)c1. The Bertz CT molecular complexity index is 500. The zero-order valence-electron chi connectivity index (χ0n) is 9.59. The van der Waals surface area contributed by atoms with Crippen molar-refractivity contribution < 1.29 is 9.47 Å². The zero-order chi connectivity index (χ0) is 12.1. The molecule has 1 aromatic heterocycles. The van der Waals surface area contributed by atoms with E-state index in [9.17, 15) is 0 Å². The van der Waals surface area contributed by atoms with Crippen molar-refractivity contribution in [1.82, 2.24) is 4.98 Å². The molecular formula is C13H14N2O2. The van der Waals surface area contributed by atoms with Crippen molar-refractivity contribution in [2.45, 2.75) is 6.61 Å². The average Bonchev–Trinajstić information content (AvgIpc) is 2.37. The molecule has 0 fully saturated rings. The van der Waals surface area contributed by atoms with Crippen molar-refractivity contribution >= 4 is 5.82 Å². The lowest BCUT2D eigenvalue weighted by molar-refractivity contribution is 0.303. The number of aromatic nitrogens is 1. The summed E-state index contributed by atoms with van der Waals surface area (Å²) in [5, 5.41) is 0. The second-order valence-electron chi connectivity index (χ2n) is 3.56. The predicted molar refractivity (Wildman–Crippen MR) is 66.0 cm³/mol. The van der Waals surface area contributed by atoms with Crippen LogP contribution >= 0.6 is 0 Å². The Labute approximate surface area is 100 Å². The molecule has 1 aromatic carbocycles. The summed E-state index contributed by atoms with van der Waals surface area (Å²) >= 11 is 0. The maximum absolute atomic E-state index is 5.63. The molecule has 1 heterocycles. The van der Waals surface area contributed by atoms with Crippen LogP contribution in [-0.4, -0.2) is 12.1 Å². The Kier molecular flexibility index (Phi) is 3.45. The molecule has 0 saturated carbocycles. The third-order valence-corrected chi connectivity index (χ3v) is 2.29. The monoisotopic (exact) mass is 230 g/mol. The molecular weight excluding hydrogens is 216 g/mol. The fourth-order valence-electron chi connectivity index (χ4n) is 1.44. The number of nitrogens with two attached hydrogens (primary N) is 1. The Morgan fingerprint density at radius 2 is 2.00 bits per heavy atom. The first kappa shape index (κ1) is 11.3. The molecule has 2 rings (SSSR count). The number of methoxy groups -OCH3 is 1. The van der Waals surface area contributed by atoms with Gasteiger partial charge in [-0.3, -0.25) is 0 Å². The zero-order valence-corrected chi connectivity index (χ0v) is 9.59. The van der Waals surface area contributed by atoms with Gasteiger partial charge in [-0.15, -0.1) is 0 Å². The Hall–Kier alpha value is -2.23. The highest BCUT2D eigenvalue weighted by Gasteiger charge is 1.98. The Balaban J connectivity index is 2.02. The third-order valence-electron chi connectivity index (χ3n) is 2.29. The highest BCUT2D eigenvalue weighted by atomic mass is 16.5. The second-order valence-corrected chi connectivity index (χ2v) is 3.56. The number of pyridine rings is 1.